The van der Waals surface area contributed by atoms with Crippen LogP contribution in [0.5, 0.6) is 0 Å². The first-order valence-electron chi connectivity index (χ1n) is 18.9. The fraction of sp³-hybridized carbons (Fsp3) is 0.921. The molecule has 1 aromatic heterocycles. The maximum Gasteiger partial charge on any atom is 0.256 e. The van der Waals surface area contributed by atoms with E-state index in [2.05, 4.69) is 42.3 Å². The maximum absolute atomic E-state index is 2.59. The predicted octanol–water partition coefficient (Wildman–Crippen LogP) is 12.7. The Balaban J connectivity index is 2.02. The normalized spacial score (nSPS) is 11.6. The predicted molar refractivity (Wildman–Crippen MR) is 179 cm³/mol. The number of imidazole rings is 1. The first-order chi connectivity index (χ1) is 19.8. The average molecular weight is 560 g/mol. The van der Waals surface area contributed by atoms with E-state index >= 15 is 0 Å². The lowest BCUT2D eigenvalue weighted by Gasteiger charge is -2.06. The molecule has 0 aliphatic heterocycles. The number of rotatable bonds is 32. The van der Waals surface area contributed by atoms with Gasteiger partial charge in [-0.1, -0.05) is 181 Å². The van der Waals surface area contributed by atoms with Crippen LogP contribution in [0.3, 0.4) is 0 Å². The summed E-state index contributed by atoms with van der Waals surface area (Å²) < 4.78 is 5.14. The second-order valence-electron chi connectivity index (χ2n) is 13.0. The summed E-state index contributed by atoms with van der Waals surface area (Å²) >= 11 is 0. The van der Waals surface area contributed by atoms with Crippen LogP contribution in [0.2, 0.25) is 0 Å². The average Bonchev–Trinajstić information content (AvgIpc) is 3.34. The zero-order chi connectivity index (χ0) is 28.8. The smallest absolute Gasteiger partial charge is 0.234 e. The number of aryl methyl sites for hydroxylation is 2. The molecule has 0 aromatic carbocycles. The van der Waals surface area contributed by atoms with Gasteiger partial charge in [0.1, 0.15) is 12.4 Å². The van der Waals surface area contributed by atoms with E-state index in [1.165, 1.54) is 206 Å². The Labute approximate surface area is 253 Å². The van der Waals surface area contributed by atoms with Crippen LogP contribution in [0.15, 0.2) is 12.4 Å². The molecule has 1 rings (SSSR count). The molecule has 0 radical (unpaired) electrons. The third kappa shape index (κ3) is 21.9. The molecule has 1 aromatic rings. The monoisotopic (exact) mass is 560 g/mol. The molecule has 0 saturated heterocycles. The van der Waals surface area contributed by atoms with E-state index in [1.54, 1.807) is 5.82 Å². The Morgan fingerprint density at radius 1 is 0.425 bits per heavy atom. The van der Waals surface area contributed by atoms with Gasteiger partial charge in [0.05, 0.1) is 13.1 Å². The molecule has 2 heteroatoms. The Morgan fingerprint density at radius 2 is 0.775 bits per heavy atom. The molecular weight excluding hydrogens is 484 g/mol. The second-order valence-corrected chi connectivity index (χ2v) is 13.0. The van der Waals surface area contributed by atoms with Gasteiger partial charge in [-0.3, -0.25) is 0 Å². The quantitative estimate of drug-likeness (QED) is 0.0613. The molecule has 236 valence electrons. The summed E-state index contributed by atoms with van der Waals surface area (Å²) in [5.74, 6) is 1.59. The van der Waals surface area contributed by atoms with Crippen LogP contribution in [-0.4, -0.2) is 4.57 Å². The van der Waals surface area contributed by atoms with Crippen LogP contribution in [0.25, 0.3) is 0 Å². The van der Waals surface area contributed by atoms with Crippen molar-refractivity contribution >= 4 is 0 Å². The molecule has 0 aliphatic rings. The van der Waals surface area contributed by atoms with Gasteiger partial charge in [0.2, 0.25) is 0 Å². The van der Waals surface area contributed by atoms with Gasteiger partial charge in [-0.2, -0.15) is 0 Å². The van der Waals surface area contributed by atoms with E-state index in [0.29, 0.717) is 0 Å². The lowest BCUT2D eigenvalue weighted by Crippen LogP contribution is -2.37. The standard InChI is InChI=1S/C38H75N2/c1-4-7-9-11-13-15-17-18-19-20-21-22-24-26-28-30-32-35-40-37-36-39(34-6-3)38(40)33-31-29-27-25-23-16-14-12-10-8-5-2/h36-37H,4-35H2,1-3H3/q+1. The molecule has 2 nitrogen and oxygen atoms in total. The molecule has 0 fully saturated rings. The fourth-order valence-electron chi connectivity index (χ4n) is 6.39. The van der Waals surface area contributed by atoms with Gasteiger partial charge in [-0.25, -0.2) is 9.13 Å². The first kappa shape index (κ1) is 37.2. The highest BCUT2D eigenvalue weighted by Gasteiger charge is 2.15. The van der Waals surface area contributed by atoms with Gasteiger partial charge in [0.15, 0.2) is 0 Å². The van der Waals surface area contributed by atoms with E-state index in [0.717, 1.165) is 0 Å². The van der Waals surface area contributed by atoms with Gasteiger partial charge < -0.3 is 0 Å². The summed E-state index contributed by atoms with van der Waals surface area (Å²) in [6.07, 6.45) is 47.6. The van der Waals surface area contributed by atoms with Crippen molar-refractivity contribution in [1.82, 2.24) is 4.57 Å². The third-order valence-electron chi connectivity index (χ3n) is 9.06. The summed E-state index contributed by atoms with van der Waals surface area (Å²) in [5, 5.41) is 0. The summed E-state index contributed by atoms with van der Waals surface area (Å²) in [6.45, 7) is 9.33. The van der Waals surface area contributed by atoms with Crippen molar-refractivity contribution in [3.05, 3.63) is 18.2 Å². The van der Waals surface area contributed by atoms with Crippen LogP contribution in [0.1, 0.15) is 213 Å². The van der Waals surface area contributed by atoms with E-state index in [4.69, 9.17) is 0 Å². The largest absolute Gasteiger partial charge is 0.256 e. The number of nitrogens with zero attached hydrogens (tertiary/aromatic N) is 2. The molecule has 0 unspecified atom stereocenters. The van der Waals surface area contributed by atoms with Crippen LogP contribution < -0.4 is 4.57 Å². The van der Waals surface area contributed by atoms with Gasteiger partial charge in [0, 0.05) is 6.42 Å². The molecule has 1 heterocycles. The number of hydrogen-bond donors (Lipinski definition) is 0. The van der Waals surface area contributed by atoms with Crippen molar-refractivity contribution in [3.63, 3.8) is 0 Å². The lowest BCUT2D eigenvalue weighted by atomic mass is 10.0. The summed E-state index contributed by atoms with van der Waals surface area (Å²) in [6, 6.07) is 0. The molecule has 0 aliphatic carbocycles. The molecule has 40 heavy (non-hydrogen) atoms. The van der Waals surface area contributed by atoms with Crippen molar-refractivity contribution in [2.45, 2.75) is 226 Å². The maximum atomic E-state index is 2.59. The van der Waals surface area contributed by atoms with Crippen molar-refractivity contribution < 1.29 is 4.57 Å². The lowest BCUT2D eigenvalue weighted by molar-refractivity contribution is -0.704. The minimum Gasteiger partial charge on any atom is -0.234 e. The van der Waals surface area contributed by atoms with Crippen LogP contribution in [0.4, 0.5) is 0 Å². The zero-order valence-electron chi connectivity index (χ0n) is 28.2. The third-order valence-corrected chi connectivity index (χ3v) is 9.06. The number of hydrogen-bond acceptors (Lipinski definition) is 0. The highest BCUT2D eigenvalue weighted by Crippen LogP contribution is 2.15. The summed E-state index contributed by atoms with van der Waals surface area (Å²) in [5.41, 5.74) is 0. The van der Waals surface area contributed by atoms with Crippen molar-refractivity contribution in [3.8, 4) is 0 Å². The molecule has 0 amide bonds. The molecule has 0 N–H and O–H groups in total. The second kappa shape index (κ2) is 29.7. The van der Waals surface area contributed by atoms with Crippen molar-refractivity contribution in [2.24, 2.45) is 0 Å². The fourth-order valence-corrected chi connectivity index (χ4v) is 6.39. The topological polar surface area (TPSA) is 8.81 Å². The Kier molecular flexibility index (Phi) is 27.6. The number of unbranched alkanes of at least 4 members (excludes halogenated alkanes) is 26. The van der Waals surface area contributed by atoms with E-state index in [1.807, 2.05) is 0 Å². The van der Waals surface area contributed by atoms with E-state index < -0.39 is 0 Å². The summed E-state index contributed by atoms with van der Waals surface area (Å²) in [4.78, 5) is 0. The molecular formula is C38H75N2+. The number of aromatic nitrogens is 2. The van der Waals surface area contributed by atoms with Gasteiger partial charge in [0.25, 0.3) is 5.82 Å². The molecule has 0 atom stereocenters. The Bertz CT molecular complexity index is 619. The van der Waals surface area contributed by atoms with Crippen molar-refractivity contribution in [2.75, 3.05) is 0 Å². The minimum atomic E-state index is 1.18. The first-order valence-corrected chi connectivity index (χ1v) is 18.9. The van der Waals surface area contributed by atoms with Gasteiger partial charge >= 0.3 is 0 Å². The van der Waals surface area contributed by atoms with Crippen LogP contribution in [-0.2, 0) is 19.5 Å². The van der Waals surface area contributed by atoms with Gasteiger partial charge in [-0.05, 0) is 25.7 Å². The minimum absolute atomic E-state index is 1.18. The Hall–Kier alpha value is -0.790. The Morgan fingerprint density at radius 3 is 1.15 bits per heavy atom. The van der Waals surface area contributed by atoms with Crippen molar-refractivity contribution in [1.29, 1.82) is 0 Å². The molecule has 0 bridgehead atoms. The SMILES string of the molecule is CCCCCCCCCCCCCCCCCCC[n+]1ccn(CCC)c1CCCCCCCCCCCCC. The van der Waals surface area contributed by atoms with E-state index in [-0.39, 0.29) is 0 Å². The van der Waals surface area contributed by atoms with Gasteiger partial charge in [-0.15, -0.1) is 0 Å². The van der Waals surface area contributed by atoms with Crippen LogP contribution in [0, 0.1) is 0 Å². The summed E-state index contributed by atoms with van der Waals surface area (Å²) in [7, 11) is 0. The highest BCUT2D eigenvalue weighted by molar-refractivity contribution is 4.84. The van der Waals surface area contributed by atoms with E-state index in [9.17, 15) is 0 Å². The molecule has 0 spiro atoms. The van der Waals surface area contributed by atoms with Crippen LogP contribution >= 0.6 is 0 Å². The highest BCUT2D eigenvalue weighted by atomic mass is 15.1. The zero-order valence-corrected chi connectivity index (χ0v) is 28.2. The molecule has 0 saturated carbocycles.